The van der Waals surface area contributed by atoms with E-state index in [9.17, 15) is 5.11 Å². The first-order valence-electron chi connectivity index (χ1n) is 9.25. The van der Waals surface area contributed by atoms with Crippen LogP contribution in [0.1, 0.15) is 51.5 Å². The molecule has 134 valence electrons. The van der Waals surface area contributed by atoms with E-state index >= 15 is 0 Å². The molecule has 2 nitrogen and oxygen atoms in total. The van der Waals surface area contributed by atoms with Gasteiger partial charge in [-0.15, -0.1) is 0 Å². The minimum atomic E-state index is -0.474. The summed E-state index contributed by atoms with van der Waals surface area (Å²) in [6.07, 6.45) is 5.57. The molecule has 26 heavy (non-hydrogen) atoms. The van der Waals surface area contributed by atoms with Gasteiger partial charge in [-0.2, -0.15) is 0 Å². The van der Waals surface area contributed by atoms with Crippen molar-refractivity contribution >= 4 is 0 Å². The van der Waals surface area contributed by atoms with E-state index in [1.54, 1.807) is 6.20 Å². The van der Waals surface area contributed by atoms with Gasteiger partial charge in [0.2, 0.25) is 0 Å². The smallest absolute Gasteiger partial charge is 0.0797 e. The molecule has 0 spiro atoms. The first-order chi connectivity index (χ1) is 12.5. The molecule has 1 aromatic heterocycles. The van der Waals surface area contributed by atoms with Gasteiger partial charge in [0.05, 0.1) is 6.10 Å². The molecule has 0 amide bonds. The number of aromatic nitrogens is 1. The molecule has 0 aliphatic heterocycles. The minimum Gasteiger partial charge on any atom is -0.388 e. The number of aliphatic hydroxyl groups is 1. The summed E-state index contributed by atoms with van der Waals surface area (Å²) in [5.74, 6) is 0. The van der Waals surface area contributed by atoms with Crippen molar-refractivity contribution in [2.75, 3.05) is 0 Å². The normalized spacial score (nSPS) is 12.2. The lowest BCUT2D eigenvalue weighted by molar-refractivity contribution is 0.166. The Labute approximate surface area is 156 Å². The molecule has 0 radical (unpaired) electrons. The SMILES string of the molecule is Cc1ccc(Cc2cnccc2C(O)CCc2cc(C)ccc2C)cc1. The van der Waals surface area contributed by atoms with Crippen molar-refractivity contribution < 1.29 is 5.11 Å². The zero-order valence-corrected chi connectivity index (χ0v) is 15.9. The van der Waals surface area contributed by atoms with Gasteiger partial charge in [-0.3, -0.25) is 4.98 Å². The fourth-order valence-corrected chi connectivity index (χ4v) is 3.35. The second-order valence-electron chi connectivity index (χ2n) is 7.22. The summed E-state index contributed by atoms with van der Waals surface area (Å²) in [6.45, 7) is 6.34. The van der Waals surface area contributed by atoms with Crippen molar-refractivity contribution in [1.29, 1.82) is 0 Å². The number of aryl methyl sites for hydroxylation is 4. The van der Waals surface area contributed by atoms with Crippen LogP contribution in [-0.2, 0) is 12.8 Å². The standard InChI is InChI=1S/C24H27NO/c1-17-5-8-20(9-6-17)15-22-16-25-13-12-23(22)24(26)11-10-21-14-18(2)4-7-19(21)3/h4-9,12-14,16,24,26H,10-11,15H2,1-3H3. The molecule has 0 aliphatic rings. The molecule has 0 aliphatic carbocycles. The van der Waals surface area contributed by atoms with Crippen LogP contribution in [0, 0.1) is 20.8 Å². The summed E-state index contributed by atoms with van der Waals surface area (Å²) in [7, 11) is 0. The van der Waals surface area contributed by atoms with E-state index in [0.717, 1.165) is 30.4 Å². The lowest BCUT2D eigenvalue weighted by atomic mass is 9.93. The average molecular weight is 345 g/mol. The Kier molecular flexibility index (Phi) is 5.85. The van der Waals surface area contributed by atoms with E-state index in [1.807, 2.05) is 12.3 Å². The van der Waals surface area contributed by atoms with Crippen LogP contribution in [-0.4, -0.2) is 10.1 Å². The fourth-order valence-electron chi connectivity index (χ4n) is 3.35. The van der Waals surface area contributed by atoms with Gasteiger partial charge in [0.25, 0.3) is 0 Å². The summed E-state index contributed by atoms with van der Waals surface area (Å²) in [4.78, 5) is 4.27. The number of hydrogen-bond acceptors (Lipinski definition) is 2. The van der Waals surface area contributed by atoms with E-state index in [-0.39, 0.29) is 0 Å². The molecule has 2 heteroatoms. The summed E-state index contributed by atoms with van der Waals surface area (Å²) in [5, 5.41) is 10.8. The number of hydrogen-bond donors (Lipinski definition) is 1. The van der Waals surface area contributed by atoms with Crippen molar-refractivity contribution in [1.82, 2.24) is 4.98 Å². The van der Waals surface area contributed by atoms with E-state index in [4.69, 9.17) is 0 Å². The fraction of sp³-hybridized carbons (Fsp3) is 0.292. The number of pyridine rings is 1. The number of aliphatic hydroxyl groups excluding tert-OH is 1. The maximum Gasteiger partial charge on any atom is 0.0797 e. The molecule has 0 saturated carbocycles. The molecule has 3 rings (SSSR count). The zero-order chi connectivity index (χ0) is 18.5. The second-order valence-corrected chi connectivity index (χ2v) is 7.22. The van der Waals surface area contributed by atoms with Gasteiger partial charge in [-0.25, -0.2) is 0 Å². The van der Waals surface area contributed by atoms with Gasteiger partial charge in [-0.05, 0) is 73.9 Å². The lowest BCUT2D eigenvalue weighted by Gasteiger charge is -2.16. The highest BCUT2D eigenvalue weighted by molar-refractivity contribution is 5.34. The van der Waals surface area contributed by atoms with Crippen LogP contribution < -0.4 is 0 Å². The van der Waals surface area contributed by atoms with Crippen LogP contribution in [0.25, 0.3) is 0 Å². The van der Waals surface area contributed by atoms with Crippen molar-refractivity contribution in [2.24, 2.45) is 0 Å². The van der Waals surface area contributed by atoms with Gasteiger partial charge in [-0.1, -0.05) is 53.6 Å². The van der Waals surface area contributed by atoms with Crippen molar-refractivity contribution in [2.45, 2.75) is 46.1 Å². The highest BCUT2D eigenvalue weighted by atomic mass is 16.3. The molecule has 0 bridgehead atoms. The Morgan fingerprint density at radius 1 is 0.885 bits per heavy atom. The maximum atomic E-state index is 10.8. The second kappa shape index (κ2) is 8.29. The predicted molar refractivity (Wildman–Crippen MR) is 107 cm³/mol. The molecule has 1 heterocycles. The summed E-state index contributed by atoms with van der Waals surface area (Å²) >= 11 is 0. The maximum absolute atomic E-state index is 10.8. The van der Waals surface area contributed by atoms with Crippen LogP contribution in [0.3, 0.4) is 0 Å². The summed E-state index contributed by atoms with van der Waals surface area (Å²) < 4.78 is 0. The Morgan fingerprint density at radius 2 is 1.62 bits per heavy atom. The highest BCUT2D eigenvalue weighted by Crippen LogP contribution is 2.25. The molecule has 0 saturated heterocycles. The van der Waals surface area contributed by atoms with E-state index in [2.05, 4.69) is 68.2 Å². The lowest BCUT2D eigenvalue weighted by Crippen LogP contribution is -2.05. The van der Waals surface area contributed by atoms with Gasteiger partial charge in [0, 0.05) is 12.4 Å². The molecule has 1 N–H and O–H groups in total. The van der Waals surface area contributed by atoms with Crippen molar-refractivity contribution in [3.05, 3.63) is 99.9 Å². The molecular weight excluding hydrogens is 318 g/mol. The average Bonchev–Trinajstić information content (AvgIpc) is 2.64. The first-order valence-corrected chi connectivity index (χ1v) is 9.25. The summed E-state index contributed by atoms with van der Waals surface area (Å²) in [5.41, 5.74) is 8.47. The molecular formula is C24H27NO. The third kappa shape index (κ3) is 4.59. The van der Waals surface area contributed by atoms with Crippen molar-refractivity contribution in [3.8, 4) is 0 Å². The van der Waals surface area contributed by atoms with Crippen LogP contribution in [0.5, 0.6) is 0 Å². The topological polar surface area (TPSA) is 33.1 Å². The van der Waals surface area contributed by atoms with Crippen LogP contribution in [0.15, 0.2) is 60.9 Å². The highest BCUT2D eigenvalue weighted by Gasteiger charge is 2.14. The number of benzene rings is 2. The molecule has 1 unspecified atom stereocenters. The quantitative estimate of drug-likeness (QED) is 0.661. The Morgan fingerprint density at radius 3 is 2.38 bits per heavy atom. The third-order valence-electron chi connectivity index (χ3n) is 5.01. The Hall–Kier alpha value is -2.45. The van der Waals surface area contributed by atoms with Crippen LogP contribution >= 0.6 is 0 Å². The van der Waals surface area contributed by atoms with E-state index < -0.39 is 6.10 Å². The molecule has 0 fully saturated rings. The Bertz CT molecular complexity index is 868. The van der Waals surface area contributed by atoms with E-state index in [0.29, 0.717) is 0 Å². The van der Waals surface area contributed by atoms with Gasteiger partial charge >= 0.3 is 0 Å². The van der Waals surface area contributed by atoms with Gasteiger partial charge in [0.15, 0.2) is 0 Å². The van der Waals surface area contributed by atoms with Crippen LogP contribution in [0.2, 0.25) is 0 Å². The van der Waals surface area contributed by atoms with Gasteiger partial charge < -0.3 is 5.11 Å². The zero-order valence-electron chi connectivity index (χ0n) is 15.9. The van der Waals surface area contributed by atoms with Crippen molar-refractivity contribution in [3.63, 3.8) is 0 Å². The predicted octanol–water partition coefficient (Wildman–Crippen LogP) is 5.26. The molecule has 2 aromatic carbocycles. The third-order valence-corrected chi connectivity index (χ3v) is 5.01. The van der Waals surface area contributed by atoms with Gasteiger partial charge in [0.1, 0.15) is 0 Å². The van der Waals surface area contributed by atoms with Crippen LogP contribution in [0.4, 0.5) is 0 Å². The minimum absolute atomic E-state index is 0.474. The Balaban J connectivity index is 1.74. The molecule has 1 atom stereocenters. The molecule has 3 aromatic rings. The van der Waals surface area contributed by atoms with E-state index in [1.165, 1.54) is 27.8 Å². The first kappa shape index (κ1) is 18.3. The number of rotatable bonds is 6. The summed E-state index contributed by atoms with van der Waals surface area (Å²) in [6, 6.07) is 17.0. The number of nitrogens with zero attached hydrogens (tertiary/aromatic N) is 1. The largest absolute Gasteiger partial charge is 0.388 e. The monoisotopic (exact) mass is 345 g/mol.